The Morgan fingerprint density at radius 3 is 2.56 bits per heavy atom. The third kappa shape index (κ3) is 3.51. The smallest absolute Gasteiger partial charge is 0.228 e. The first-order chi connectivity index (χ1) is 12.3. The van der Waals surface area contributed by atoms with Crippen LogP contribution in [0.15, 0.2) is 29.4 Å². The van der Waals surface area contributed by atoms with Crippen molar-refractivity contribution in [3.63, 3.8) is 0 Å². The lowest BCUT2D eigenvalue weighted by atomic mass is 10.1. The van der Waals surface area contributed by atoms with Crippen LogP contribution in [0.2, 0.25) is 0 Å². The minimum atomic E-state index is 0.0979. The Bertz CT molecular complexity index is 749. The number of hydrogen-bond donors (Lipinski definition) is 0. The first-order valence-electron chi connectivity index (χ1n) is 8.76. The monoisotopic (exact) mass is 358 g/mol. The maximum atomic E-state index is 12.4. The third-order valence-electron chi connectivity index (χ3n) is 4.69. The highest BCUT2D eigenvalue weighted by atomic mass is 32.2. The second-order valence-electron chi connectivity index (χ2n) is 6.52. The van der Waals surface area contributed by atoms with Crippen LogP contribution in [0.3, 0.4) is 0 Å². The zero-order valence-electron chi connectivity index (χ0n) is 14.4. The molecule has 0 atom stereocenters. The Balaban J connectivity index is 1.46. The molecule has 0 N–H and O–H groups in total. The summed E-state index contributed by atoms with van der Waals surface area (Å²) in [6, 6.07) is 7.75. The van der Waals surface area contributed by atoms with E-state index in [4.69, 9.17) is 4.74 Å². The van der Waals surface area contributed by atoms with E-state index in [0.29, 0.717) is 17.4 Å². The van der Waals surface area contributed by atoms with Crippen LogP contribution >= 0.6 is 11.8 Å². The molecule has 1 aliphatic carbocycles. The number of rotatable bonds is 7. The molecule has 0 bridgehead atoms. The molecule has 1 aromatic heterocycles. The predicted octanol–water partition coefficient (Wildman–Crippen LogP) is 3.20. The van der Waals surface area contributed by atoms with Gasteiger partial charge in [-0.2, -0.15) is 0 Å². The minimum absolute atomic E-state index is 0.0979. The Labute approximate surface area is 151 Å². The van der Waals surface area contributed by atoms with E-state index in [1.54, 1.807) is 7.11 Å². The summed E-state index contributed by atoms with van der Waals surface area (Å²) in [6.45, 7) is 2.11. The van der Waals surface area contributed by atoms with Gasteiger partial charge >= 0.3 is 0 Å². The van der Waals surface area contributed by atoms with Crippen molar-refractivity contribution in [1.82, 2.24) is 14.8 Å². The van der Waals surface area contributed by atoms with Gasteiger partial charge in [0, 0.05) is 24.7 Å². The van der Waals surface area contributed by atoms with E-state index in [0.717, 1.165) is 29.9 Å². The Kier molecular flexibility index (Phi) is 4.65. The molecule has 1 saturated heterocycles. The molecule has 25 heavy (non-hydrogen) atoms. The molecule has 2 aliphatic rings. The van der Waals surface area contributed by atoms with Crippen LogP contribution in [0.1, 0.15) is 42.1 Å². The molecule has 2 fully saturated rings. The number of nitrogens with zero attached hydrogens (tertiary/aromatic N) is 4. The van der Waals surface area contributed by atoms with E-state index < -0.39 is 0 Å². The van der Waals surface area contributed by atoms with Gasteiger partial charge in [0.25, 0.3) is 0 Å². The van der Waals surface area contributed by atoms with Gasteiger partial charge in [0.2, 0.25) is 5.95 Å². The number of benzene rings is 1. The summed E-state index contributed by atoms with van der Waals surface area (Å²) in [5.74, 6) is 2.21. The zero-order chi connectivity index (χ0) is 17.2. The van der Waals surface area contributed by atoms with Crippen LogP contribution < -0.4 is 9.64 Å². The number of hydrogen-bond acceptors (Lipinski definition) is 6. The lowest BCUT2D eigenvalue weighted by Crippen LogP contribution is -2.22. The van der Waals surface area contributed by atoms with Crippen molar-refractivity contribution < 1.29 is 9.53 Å². The fraction of sp³-hybridized carbons (Fsp3) is 0.500. The summed E-state index contributed by atoms with van der Waals surface area (Å²) >= 11 is 1.49. The second kappa shape index (κ2) is 7.07. The summed E-state index contributed by atoms with van der Waals surface area (Å²) in [5, 5.41) is 9.67. The largest absolute Gasteiger partial charge is 0.497 e. The molecule has 0 spiro atoms. The number of aromatic nitrogens is 3. The van der Waals surface area contributed by atoms with Crippen molar-refractivity contribution in [2.45, 2.75) is 36.9 Å². The number of anilines is 1. The van der Waals surface area contributed by atoms with E-state index in [9.17, 15) is 4.79 Å². The molecule has 1 aliphatic heterocycles. The zero-order valence-corrected chi connectivity index (χ0v) is 15.2. The number of thioether (sulfide) groups is 1. The van der Waals surface area contributed by atoms with E-state index in [1.807, 2.05) is 24.3 Å². The average Bonchev–Trinajstić information content (AvgIpc) is 3.18. The molecule has 0 unspecified atom stereocenters. The van der Waals surface area contributed by atoms with Crippen LogP contribution in [0.25, 0.3) is 0 Å². The first kappa shape index (κ1) is 16.4. The molecule has 0 radical (unpaired) electrons. The summed E-state index contributed by atoms with van der Waals surface area (Å²) in [7, 11) is 1.62. The molecule has 4 rings (SSSR count). The van der Waals surface area contributed by atoms with E-state index in [-0.39, 0.29) is 5.78 Å². The topological polar surface area (TPSA) is 60.2 Å². The summed E-state index contributed by atoms with van der Waals surface area (Å²) in [5.41, 5.74) is 0.700. The molecule has 1 aromatic carbocycles. The standard InChI is InChI=1S/C18H22N4O2S/c1-24-15-8-4-13(5-9-15)16(23)12-25-18-20-19-17(21-10-2-3-11-21)22(18)14-6-7-14/h4-5,8-9,14H,2-3,6-7,10-12H2,1H3. The number of ketones is 1. The van der Waals surface area contributed by atoms with Gasteiger partial charge in [-0.1, -0.05) is 11.8 Å². The van der Waals surface area contributed by atoms with Crippen molar-refractivity contribution in [1.29, 1.82) is 0 Å². The fourth-order valence-corrected chi connectivity index (χ4v) is 4.04. The normalized spacial score (nSPS) is 17.1. The lowest BCUT2D eigenvalue weighted by Gasteiger charge is -2.17. The number of ether oxygens (including phenoxy) is 1. The molecular weight excluding hydrogens is 336 g/mol. The van der Waals surface area contributed by atoms with Crippen LogP contribution in [0, 0.1) is 0 Å². The molecule has 2 aromatic rings. The van der Waals surface area contributed by atoms with Crippen LogP contribution in [0.5, 0.6) is 5.75 Å². The number of methoxy groups -OCH3 is 1. The van der Waals surface area contributed by atoms with Crippen molar-refractivity contribution >= 4 is 23.5 Å². The van der Waals surface area contributed by atoms with Crippen molar-refractivity contribution in [3.05, 3.63) is 29.8 Å². The van der Waals surface area contributed by atoms with Crippen molar-refractivity contribution in [2.24, 2.45) is 0 Å². The highest BCUT2D eigenvalue weighted by molar-refractivity contribution is 7.99. The Morgan fingerprint density at radius 1 is 1.20 bits per heavy atom. The molecule has 6 nitrogen and oxygen atoms in total. The fourth-order valence-electron chi connectivity index (χ4n) is 3.14. The lowest BCUT2D eigenvalue weighted by molar-refractivity contribution is 0.102. The predicted molar refractivity (Wildman–Crippen MR) is 97.8 cm³/mol. The average molecular weight is 358 g/mol. The first-order valence-corrected chi connectivity index (χ1v) is 9.75. The van der Waals surface area contributed by atoms with E-state index >= 15 is 0 Å². The van der Waals surface area contributed by atoms with Gasteiger partial charge in [0.05, 0.1) is 12.9 Å². The van der Waals surface area contributed by atoms with Gasteiger partial charge in [0.1, 0.15) is 5.75 Å². The van der Waals surface area contributed by atoms with Gasteiger partial charge < -0.3 is 9.64 Å². The van der Waals surface area contributed by atoms with E-state index in [1.165, 1.54) is 37.4 Å². The maximum absolute atomic E-state index is 12.4. The quantitative estimate of drug-likeness (QED) is 0.560. The summed E-state index contributed by atoms with van der Waals surface area (Å²) < 4.78 is 7.38. The van der Waals surface area contributed by atoms with Gasteiger partial charge in [0.15, 0.2) is 10.9 Å². The SMILES string of the molecule is COc1ccc(C(=O)CSc2nnc(N3CCCC3)n2C2CC2)cc1. The molecular formula is C18H22N4O2S. The second-order valence-corrected chi connectivity index (χ2v) is 7.46. The highest BCUT2D eigenvalue weighted by Gasteiger charge is 2.32. The van der Waals surface area contributed by atoms with Gasteiger partial charge in [-0.05, 0) is 49.9 Å². The Hall–Kier alpha value is -2.02. The molecule has 1 saturated carbocycles. The number of carbonyl (C=O) groups is 1. The van der Waals surface area contributed by atoms with E-state index in [2.05, 4.69) is 19.7 Å². The minimum Gasteiger partial charge on any atom is -0.497 e. The third-order valence-corrected chi connectivity index (χ3v) is 5.63. The molecule has 0 amide bonds. The highest BCUT2D eigenvalue weighted by Crippen LogP contribution is 2.41. The van der Waals surface area contributed by atoms with Crippen molar-refractivity contribution in [2.75, 3.05) is 30.9 Å². The van der Waals surface area contributed by atoms with Gasteiger partial charge in [-0.15, -0.1) is 10.2 Å². The van der Waals surface area contributed by atoms with Gasteiger partial charge in [-0.3, -0.25) is 9.36 Å². The molecule has 132 valence electrons. The van der Waals surface area contributed by atoms with Crippen LogP contribution in [-0.4, -0.2) is 46.5 Å². The maximum Gasteiger partial charge on any atom is 0.228 e. The summed E-state index contributed by atoms with van der Waals surface area (Å²) in [4.78, 5) is 14.8. The van der Waals surface area contributed by atoms with Crippen LogP contribution in [-0.2, 0) is 0 Å². The Morgan fingerprint density at radius 2 is 1.92 bits per heavy atom. The number of Topliss-reactive ketones (excluding diaryl/α,β-unsaturated/α-hetero) is 1. The van der Waals surface area contributed by atoms with Crippen molar-refractivity contribution in [3.8, 4) is 5.75 Å². The molecule has 2 heterocycles. The summed E-state index contributed by atoms with van der Waals surface area (Å²) in [6.07, 6.45) is 4.80. The van der Waals surface area contributed by atoms with Crippen LogP contribution in [0.4, 0.5) is 5.95 Å². The molecule has 7 heteroatoms. The number of carbonyl (C=O) groups excluding carboxylic acids is 1. The van der Waals surface area contributed by atoms with Gasteiger partial charge in [-0.25, -0.2) is 0 Å².